The lowest BCUT2D eigenvalue weighted by atomic mass is 10.1. The van der Waals surface area contributed by atoms with Gasteiger partial charge in [-0.15, -0.1) is 0 Å². The van der Waals surface area contributed by atoms with Gasteiger partial charge in [-0.1, -0.05) is 12.1 Å². The first kappa shape index (κ1) is 20.4. The highest BCUT2D eigenvalue weighted by atomic mass is 32.2. The number of fused-ring (bicyclic) bond motifs is 1. The summed E-state index contributed by atoms with van der Waals surface area (Å²) in [6, 6.07) is 9.71. The number of carbonyl (C=O) groups is 1. The first-order valence-electron chi connectivity index (χ1n) is 8.39. The Morgan fingerprint density at radius 2 is 2.03 bits per heavy atom. The number of amides is 1. The Hall–Kier alpha value is -3.35. The molecule has 4 N–H and O–H groups in total. The molecule has 1 heterocycles. The second-order valence-corrected chi connectivity index (χ2v) is 7.68. The number of benzene rings is 2. The number of para-hydroxylation sites is 2. The molecule has 0 saturated carbocycles. The van der Waals surface area contributed by atoms with Crippen LogP contribution in [0.5, 0.6) is 0 Å². The molecule has 3 rings (SSSR count). The summed E-state index contributed by atoms with van der Waals surface area (Å²) in [5.74, 6) is -0.586. The van der Waals surface area contributed by atoms with Crippen LogP contribution in [0.1, 0.15) is 12.5 Å². The number of hydrazone groups is 1. The van der Waals surface area contributed by atoms with Crippen LogP contribution >= 0.6 is 0 Å². The summed E-state index contributed by atoms with van der Waals surface area (Å²) in [5, 5.41) is 17.6. The fourth-order valence-corrected chi connectivity index (χ4v) is 3.67. The largest absolute Gasteiger partial charge is 0.328 e. The third-order valence-corrected chi connectivity index (χ3v) is 5.42. The summed E-state index contributed by atoms with van der Waals surface area (Å²) in [4.78, 5) is 22.6. The van der Waals surface area contributed by atoms with Gasteiger partial charge in [0.1, 0.15) is 5.69 Å². The normalized spacial score (nSPS) is 15.7. The van der Waals surface area contributed by atoms with Gasteiger partial charge >= 0.3 is 0 Å². The molecule has 2 aromatic rings. The van der Waals surface area contributed by atoms with E-state index >= 15 is 0 Å². The molecule has 0 radical (unpaired) electrons. The predicted molar refractivity (Wildman–Crippen MR) is 105 cm³/mol. The van der Waals surface area contributed by atoms with Crippen LogP contribution in [0.3, 0.4) is 0 Å². The van der Waals surface area contributed by atoms with Crippen LogP contribution in [0.25, 0.3) is 0 Å². The molecule has 2 aromatic carbocycles. The number of carbonyl (C=O) groups excluding carboxylic acids is 1. The zero-order valence-corrected chi connectivity index (χ0v) is 16.0. The molecular formula is C17H17N5O6S. The van der Waals surface area contributed by atoms with Crippen LogP contribution in [-0.2, 0) is 19.1 Å². The van der Waals surface area contributed by atoms with Gasteiger partial charge in [-0.25, -0.2) is 0 Å². The first-order valence-corrected chi connectivity index (χ1v) is 9.80. The van der Waals surface area contributed by atoms with Crippen molar-refractivity contribution in [3.63, 3.8) is 0 Å². The molecule has 0 aromatic heterocycles. The van der Waals surface area contributed by atoms with Crippen molar-refractivity contribution in [1.82, 2.24) is 0 Å². The van der Waals surface area contributed by atoms with Crippen molar-refractivity contribution >= 4 is 38.8 Å². The summed E-state index contributed by atoms with van der Waals surface area (Å²) >= 11 is 0. The Labute approximate surface area is 165 Å². The summed E-state index contributed by atoms with van der Waals surface area (Å²) < 4.78 is 29.7. The van der Waals surface area contributed by atoms with Gasteiger partial charge in [0.2, 0.25) is 0 Å². The quantitative estimate of drug-likeness (QED) is 0.344. The summed E-state index contributed by atoms with van der Waals surface area (Å²) in [5.41, 5.74) is 8.19. The number of hydrogen-bond donors (Lipinski definition) is 3. The Morgan fingerprint density at radius 3 is 2.72 bits per heavy atom. The lowest BCUT2D eigenvalue weighted by Crippen LogP contribution is -2.23. The van der Waals surface area contributed by atoms with Gasteiger partial charge in [-0.3, -0.25) is 24.5 Å². The summed E-state index contributed by atoms with van der Waals surface area (Å²) in [6.07, 6.45) is -0.721. The SMILES string of the molecule is CC(CN)OS(=O)(=O)c1ccc2c(c1)C(=NNc1ccccc1[N+](=O)[O-])C(=O)N2. The fourth-order valence-electron chi connectivity index (χ4n) is 2.55. The van der Waals surface area contributed by atoms with Gasteiger partial charge < -0.3 is 11.1 Å². The number of rotatable bonds is 7. The zero-order valence-electron chi connectivity index (χ0n) is 15.2. The Kier molecular flexibility index (Phi) is 5.59. The Balaban J connectivity index is 1.96. The number of nitrogens with one attached hydrogen (secondary N) is 2. The maximum atomic E-state index is 12.4. The van der Waals surface area contributed by atoms with Gasteiger partial charge in [-0.2, -0.15) is 13.5 Å². The molecule has 152 valence electrons. The van der Waals surface area contributed by atoms with Crippen molar-refractivity contribution in [2.45, 2.75) is 17.9 Å². The molecule has 11 nitrogen and oxygen atoms in total. The van der Waals surface area contributed by atoms with Crippen LogP contribution < -0.4 is 16.5 Å². The van der Waals surface area contributed by atoms with E-state index in [1.807, 2.05) is 0 Å². The minimum atomic E-state index is -4.10. The molecule has 1 amide bonds. The standard InChI is InChI=1S/C17H17N5O6S/c1-10(9-18)28-29(26,27)11-6-7-13-12(8-11)16(17(23)19-13)21-20-14-4-2-3-5-15(14)22(24)25/h2-8,10,20H,9,18H2,1H3,(H,19,21,23). The Morgan fingerprint density at radius 1 is 1.31 bits per heavy atom. The number of nitrogens with two attached hydrogens (primary N) is 1. The van der Waals surface area contributed by atoms with Crippen LogP contribution in [-0.4, -0.2) is 37.6 Å². The van der Waals surface area contributed by atoms with Gasteiger partial charge in [0.05, 0.1) is 21.6 Å². The van der Waals surface area contributed by atoms with E-state index in [0.717, 1.165) is 0 Å². The second-order valence-electron chi connectivity index (χ2n) is 6.10. The molecule has 1 atom stereocenters. The monoisotopic (exact) mass is 419 g/mol. The molecular weight excluding hydrogens is 402 g/mol. The van der Waals surface area contributed by atoms with E-state index in [1.165, 1.54) is 43.3 Å². The number of anilines is 2. The molecule has 0 bridgehead atoms. The molecule has 0 fully saturated rings. The number of hydrogen-bond acceptors (Lipinski definition) is 9. The summed E-state index contributed by atoms with van der Waals surface area (Å²) in [7, 11) is -4.10. The third-order valence-electron chi connectivity index (χ3n) is 4.01. The number of nitrogens with zero attached hydrogens (tertiary/aromatic N) is 2. The molecule has 1 aliphatic rings. The van der Waals surface area contributed by atoms with E-state index in [1.54, 1.807) is 6.07 Å². The van der Waals surface area contributed by atoms with Crippen molar-refractivity contribution < 1.29 is 22.3 Å². The first-order chi connectivity index (χ1) is 13.7. The fraction of sp³-hybridized carbons (Fsp3) is 0.176. The highest BCUT2D eigenvalue weighted by Crippen LogP contribution is 2.29. The predicted octanol–water partition coefficient (Wildman–Crippen LogP) is 1.42. The average molecular weight is 419 g/mol. The lowest BCUT2D eigenvalue weighted by molar-refractivity contribution is -0.384. The smallest absolute Gasteiger partial charge is 0.297 e. The van der Waals surface area contributed by atoms with Crippen LogP contribution in [0, 0.1) is 10.1 Å². The van der Waals surface area contributed by atoms with Gasteiger partial charge in [-0.05, 0) is 31.2 Å². The van der Waals surface area contributed by atoms with Crippen molar-refractivity contribution in [3.8, 4) is 0 Å². The molecule has 0 aliphatic carbocycles. The maximum absolute atomic E-state index is 12.4. The van der Waals surface area contributed by atoms with E-state index in [2.05, 4.69) is 15.8 Å². The van der Waals surface area contributed by atoms with Crippen molar-refractivity contribution in [2.24, 2.45) is 10.8 Å². The average Bonchev–Trinajstić information content (AvgIpc) is 3.00. The second kappa shape index (κ2) is 7.95. The van der Waals surface area contributed by atoms with E-state index in [4.69, 9.17) is 9.92 Å². The minimum Gasteiger partial charge on any atom is -0.328 e. The van der Waals surface area contributed by atoms with Crippen molar-refractivity contribution in [3.05, 3.63) is 58.1 Å². The number of nitro groups is 1. The molecule has 1 unspecified atom stereocenters. The van der Waals surface area contributed by atoms with Crippen LogP contribution in [0.4, 0.5) is 17.1 Å². The topological polar surface area (TPSA) is 166 Å². The molecule has 29 heavy (non-hydrogen) atoms. The molecule has 12 heteroatoms. The maximum Gasteiger partial charge on any atom is 0.297 e. The van der Waals surface area contributed by atoms with Gasteiger partial charge in [0.15, 0.2) is 5.71 Å². The highest BCUT2D eigenvalue weighted by Gasteiger charge is 2.29. The highest BCUT2D eigenvalue weighted by molar-refractivity contribution is 7.86. The third kappa shape index (κ3) is 4.23. The van der Waals surface area contributed by atoms with E-state index < -0.39 is 27.1 Å². The van der Waals surface area contributed by atoms with Crippen LogP contribution in [0.15, 0.2) is 52.5 Å². The van der Waals surface area contributed by atoms with E-state index in [9.17, 15) is 23.3 Å². The number of nitro benzene ring substituents is 1. The molecule has 0 spiro atoms. The lowest BCUT2D eigenvalue weighted by Gasteiger charge is -2.11. The Bertz CT molecular complexity index is 1120. The molecule has 0 saturated heterocycles. The molecule has 1 aliphatic heterocycles. The summed E-state index contributed by atoms with van der Waals surface area (Å²) in [6.45, 7) is 1.52. The van der Waals surface area contributed by atoms with Gasteiger partial charge in [0.25, 0.3) is 21.7 Å². The van der Waals surface area contributed by atoms with Crippen molar-refractivity contribution in [2.75, 3.05) is 17.3 Å². The van der Waals surface area contributed by atoms with E-state index in [0.29, 0.717) is 5.69 Å². The minimum absolute atomic E-state index is 0.0106. The van der Waals surface area contributed by atoms with Crippen LogP contribution in [0.2, 0.25) is 0 Å². The van der Waals surface area contributed by atoms with E-state index in [-0.39, 0.29) is 34.1 Å². The van der Waals surface area contributed by atoms with Gasteiger partial charge in [0, 0.05) is 18.2 Å². The van der Waals surface area contributed by atoms with Crippen molar-refractivity contribution in [1.29, 1.82) is 0 Å². The zero-order chi connectivity index (χ0) is 21.2.